The molecule has 2 aliphatic rings. The molecular weight excluding hydrogens is 535 g/mol. The van der Waals surface area contributed by atoms with Crippen LogP contribution in [0.4, 0.5) is 0 Å². The zero-order valence-electron chi connectivity index (χ0n) is 23.4. The van der Waals surface area contributed by atoms with Crippen molar-refractivity contribution < 1.29 is 26.2 Å². The molecule has 0 saturated carbocycles. The summed E-state index contributed by atoms with van der Waals surface area (Å²) in [7, 11) is -9.10. The van der Waals surface area contributed by atoms with Crippen molar-refractivity contribution in [1.82, 2.24) is 9.55 Å². The van der Waals surface area contributed by atoms with E-state index >= 15 is 0 Å². The standard InChI is InChI=1S/C23H41N3O8SSi2/c1-21(2,3)36(7,8)31-13-16-23(15(24)14-35(29,30)34-23)18(33-37(9,10)22(4,5)6)19(32-16)26-12-11-17(27)25-20(26)28/h11-12,14,16,18-19H,13,24H2,1-10H3,(H,25,27,28)/t16-,18+,19-,23?/m1/s1. The van der Waals surface area contributed by atoms with E-state index in [-0.39, 0.29) is 22.4 Å². The fourth-order valence-electron chi connectivity index (χ4n) is 3.84. The summed E-state index contributed by atoms with van der Waals surface area (Å²) in [5.41, 5.74) is 3.25. The van der Waals surface area contributed by atoms with E-state index in [1.54, 1.807) is 0 Å². The summed E-state index contributed by atoms with van der Waals surface area (Å²) in [5, 5.41) is 0.463. The molecule has 210 valence electrons. The number of aromatic nitrogens is 2. The van der Waals surface area contributed by atoms with Crippen LogP contribution in [0.3, 0.4) is 0 Å². The van der Waals surface area contributed by atoms with Gasteiger partial charge in [-0.3, -0.25) is 14.3 Å². The summed E-state index contributed by atoms with van der Waals surface area (Å²) in [6, 6.07) is 1.19. The maximum absolute atomic E-state index is 12.9. The molecule has 1 unspecified atom stereocenters. The van der Waals surface area contributed by atoms with E-state index < -0.39 is 62.0 Å². The normalized spacial score (nSPS) is 28.6. The molecule has 0 aliphatic carbocycles. The van der Waals surface area contributed by atoms with Crippen LogP contribution >= 0.6 is 0 Å². The first-order valence-electron chi connectivity index (χ1n) is 12.3. The van der Waals surface area contributed by atoms with Gasteiger partial charge < -0.3 is 19.3 Å². The van der Waals surface area contributed by atoms with Gasteiger partial charge in [0.2, 0.25) is 0 Å². The van der Waals surface area contributed by atoms with Crippen molar-refractivity contribution in [2.75, 3.05) is 6.61 Å². The Morgan fingerprint density at radius 2 is 1.65 bits per heavy atom. The van der Waals surface area contributed by atoms with Crippen molar-refractivity contribution in [2.45, 2.75) is 102 Å². The average molecular weight is 576 g/mol. The largest absolute Gasteiger partial charge is 0.414 e. The van der Waals surface area contributed by atoms with Gasteiger partial charge in [0, 0.05) is 12.3 Å². The van der Waals surface area contributed by atoms with E-state index in [1.165, 1.54) is 16.8 Å². The molecule has 14 heteroatoms. The highest BCUT2D eigenvalue weighted by atomic mass is 32.2. The lowest BCUT2D eigenvalue weighted by atomic mass is 9.89. The van der Waals surface area contributed by atoms with Gasteiger partial charge in [-0.1, -0.05) is 41.5 Å². The molecular formula is C23H41N3O8SSi2. The first-order chi connectivity index (χ1) is 16.5. The number of H-pyrrole nitrogens is 1. The average Bonchev–Trinajstić information content (AvgIpc) is 3.11. The summed E-state index contributed by atoms with van der Waals surface area (Å²) in [6.45, 7) is 20.4. The van der Waals surface area contributed by atoms with Crippen LogP contribution < -0.4 is 17.0 Å². The number of nitrogens with zero attached hydrogens (tertiary/aromatic N) is 1. The van der Waals surface area contributed by atoms with Crippen LogP contribution in [-0.2, 0) is 27.9 Å². The Bertz CT molecular complexity index is 1290. The van der Waals surface area contributed by atoms with Crippen LogP contribution in [0.2, 0.25) is 36.3 Å². The molecule has 0 bridgehead atoms. The lowest BCUT2D eigenvalue weighted by Gasteiger charge is -2.43. The second kappa shape index (κ2) is 9.28. The van der Waals surface area contributed by atoms with Crippen LogP contribution in [0.1, 0.15) is 47.8 Å². The first kappa shape index (κ1) is 30.0. The molecule has 2 aliphatic heterocycles. The maximum Gasteiger partial charge on any atom is 0.330 e. The van der Waals surface area contributed by atoms with E-state index in [2.05, 4.69) is 38.8 Å². The Balaban J connectivity index is 2.21. The van der Waals surface area contributed by atoms with Crippen molar-refractivity contribution in [2.24, 2.45) is 5.73 Å². The second-order valence-corrected chi connectivity index (χ2v) is 23.8. The Labute approximate surface area is 220 Å². The quantitative estimate of drug-likeness (QED) is 0.385. The molecule has 3 N–H and O–H groups in total. The smallest absolute Gasteiger partial charge is 0.330 e. The summed E-state index contributed by atoms with van der Waals surface area (Å²) < 4.78 is 52.0. The number of nitrogens with two attached hydrogens (primary N) is 1. The summed E-state index contributed by atoms with van der Waals surface area (Å²) in [6.07, 6.45) is -2.00. The van der Waals surface area contributed by atoms with E-state index in [0.717, 1.165) is 5.41 Å². The SMILES string of the molecule is CC(C)(C)[Si](C)(C)OC[C@H]1O[C@@H](n2ccc(=O)[nH]c2=O)[C@H](O[Si](C)(C)C(C)(C)C)C12OS(=O)(=O)C=C2N. The third kappa shape index (κ3) is 5.47. The highest BCUT2D eigenvalue weighted by Gasteiger charge is 2.67. The summed E-state index contributed by atoms with van der Waals surface area (Å²) in [5.74, 6) is 0. The third-order valence-corrected chi connectivity index (χ3v) is 18.2. The molecule has 1 fully saturated rings. The number of hydrogen-bond donors (Lipinski definition) is 2. The number of nitrogens with one attached hydrogen (secondary N) is 1. The fourth-order valence-corrected chi connectivity index (χ4v) is 7.35. The van der Waals surface area contributed by atoms with Gasteiger partial charge in [0.25, 0.3) is 15.7 Å². The van der Waals surface area contributed by atoms with Gasteiger partial charge in [-0.2, -0.15) is 8.42 Å². The number of aromatic amines is 1. The van der Waals surface area contributed by atoms with E-state index in [1.807, 2.05) is 33.9 Å². The maximum atomic E-state index is 12.9. The molecule has 3 heterocycles. The fraction of sp³-hybridized carbons (Fsp3) is 0.739. The van der Waals surface area contributed by atoms with Crippen molar-refractivity contribution in [3.05, 3.63) is 44.2 Å². The lowest BCUT2D eigenvalue weighted by molar-refractivity contribution is -0.0562. The van der Waals surface area contributed by atoms with Gasteiger partial charge in [-0.25, -0.2) is 8.98 Å². The van der Waals surface area contributed by atoms with Crippen LogP contribution in [0.25, 0.3) is 0 Å². The van der Waals surface area contributed by atoms with E-state index in [0.29, 0.717) is 0 Å². The van der Waals surface area contributed by atoms with Crippen molar-refractivity contribution in [1.29, 1.82) is 0 Å². The molecule has 4 atom stereocenters. The van der Waals surface area contributed by atoms with Gasteiger partial charge >= 0.3 is 5.69 Å². The summed E-state index contributed by atoms with van der Waals surface area (Å²) >= 11 is 0. The number of hydrogen-bond acceptors (Lipinski definition) is 9. The Morgan fingerprint density at radius 3 is 2.11 bits per heavy atom. The molecule has 37 heavy (non-hydrogen) atoms. The molecule has 0 amide bonds. The Hall–Kier alpha value is -1.56. The predicted molar refractivity (Wildman–Crippen MR) is 145 cm³/mol. The predicted octanol–water partition coefficient (Wildman–Crippen LogP) is 2.75. The van der Waals surface area contributed by atoms with Crippen LogP contribution in [0, 0.1) is 0 Å². The Kier molecular flexibility index (Phi) is 7.52. The molecule has 1 aromatic rings. The molecule has 1 aromatic heterocycles. The molecule has 11 nitrogen and oxygen atoms in total. The summed E-state index contributed by atoms with van der Waals surface area (Å²) in [4.78, 5) is 26.9. The minimum absolute atomic E-state index is 0.0352. The van der Waals surface area contributed by atoms with Crippen molar-refractivity contribution in [3.63, 3.8) is 0 Å². The lowest BCUT2D eigenvalue weighted by Crippen LogP contribution is -2.59. The molecule has 1 spiro atoms. The third-order valence-electron chi connectivity index (χ3n) is 8.20. The molecule has 0 radical (unpaired) electrons. The molecule has 1 saturated heterocycles. The van der Waals surface area contributed by atoms with Crippen LogP contribution in [0.5, 0.6) is 0 Å². The van der Waals surface area contributed by atoms with Gasteiger partial charge in [0.05, 0.1) is 17.7 Å². The zero-order chi connectivity index (χ0) is 28.4. The molecule has 3 rings (SSSR count). The molecule has 0 aromatic carbocycles. The highest BCUT2D eigenvalue weighted by molar-refractivity contribution is 7.90. The van der Waals surface area contributed by atoms with Gasteiger partial charge in [0.1, 0.15) is 12.2 Å². The minimum atomic E-state index is -4.17. The first-order valence-corrected chi connectivity index (χ1v) is 19.5. The highest BCUT2D eigenvalue weighted by Crippen LogP contribution is 2.52. The zero-order valence-corrected chi connectivity index (χ0v) is 26.2. The number of rotatable bonds is 6. The van der Waals surface area contributed by atoms with Crippen molar-refractivity contribution >= 4 is 26.8 Å². The topological polar surface area (TPSA) is 152 Å². The minimum Gasteiger partial charge on any atom is -0.414 e. The van der Waals surface area contributed by atoms with Gasteiger partial charge in [-0.15, -0.1) is 0 Å². The van der Waals surface area contributed by atoms with E-state index in [4.69, 9.17) is 23.5 Å². The Morgan fingerprint density at radius 1 is 1.08 bits per heavy atom. The van der Waals surface area contributed by atoms with Crippen molar-refractivity contribution in [3.8, 4) is 0 Å². The van der Waals surface area contributed by atoms with Gasteiger partial charge in [0.15, 0.2) is 28.5 Å². The monoisotopic (exact) mass is 575 g/mol. The number of ether oxygens (including phenoxy) is 1. The van der Waals surface area contributed by atoms with Crippen LogP contribution in [0.15, 0.2) is 33.0 Å². The van der Waals surface area contributed by atoms with Crippen LogP contribution in [-0.4, -0.2) is 59.0 Å². The second-order valence-electron chi connectivity index (χ2n) is 12.8. The van der Waals surface area contributed by atoms with Gasteiger partial charge in [-0.05, 0) is 36.3 Å². The van der Waals surface area contributed by atoms with E-state index in [9.17, 15) is 18.0 Å².